The molecule has 8 nitrogen and oxygen atoms in total. The molecule has 1 aliphatic heterocycles. The molecule has 5 N–H and O–H groups in total. The van der Waals surface area contributed by atoms with E-state index in [2.05, 4.69) is 42.5 Å². The molecule has 0 radical (unpaired) electrons. The van der Waals surface area contributed by atoms with Crippen molar-refractivity contribution in [3.05, 3.63) is 59.8 Å². The van der Waals surface area contributed by atoms with Crippen LogP contribution in [0.5, 0.6) is 0 Å². The number of nitrogens with zero attached hydrogens (tertiary/aromatic N) is 4. The summed E-state index contributed by atoms with van der Waals surface area (Å²) in [7, 11) is 0. The number of hydrogen-bond acceptors (Lipinski definition) is 8. The third-order valence-electron chi connectivity index (χ3n) is 5.53. The number of aliphatic imine (C=N–C) groups is 1. The molecule has 2 heterocycles. The van der Waals surface area contributed by atoms with Crippen molar-refractivity contribution in [2.45, 2.75) is 32.3 Å². The summed E-state index contributed by atoms with van der Waals surface area (Å²) in [5.41, 5.74) is 13.5. The zero-order valence-corrected chi connectivity index (χ0v) is 17.0. The number of β-amino-alcohol motifs (C(OH)–C–C–N with tert-alkyl or cyclic N) is 1. The van der Waals surface area contributed by atoms with E-state index in [1.807, 2.05) is 29.2 Å². The van der Waals surface area contributed by atoms with Crippen molar-refractivity contribution in [1.29, 1.82) is 0 Å². The minimum atomic E-state index is -0.448. The van der Waals surface area contributed by atoms with E-state index in [-0.39, 0.29) is 17.8 Å². The third kappa shape index (κ3) is 4.02. The van der Waals surface area contributed by atoms with Gasteiger partial charge in [-0.1, -0.05) is 49.8 Å². The first-order valence-electron chi connectivity index (χ1n) is 9.54. The predicted molar refractivity (Wildman–Crippen MR) is 114 cm³/mol. The minimum absolute atomic E-state index is 0.215. The van der Waals surface area contributed by atoms with Gasteiger partial charge in [0.25, 0.3) is 0 Å². The molecule has 0 bridgehead atoms. The summed E-state index contributed by atoms with van der Waals surface area (Å²) in [6.07, 6.45) is 2.74. The van der Waals surface area contributed by atoms with Crippen LogP contribution in [0.3, 0.4) is 0 Å². The summed E-state index contributed by atoms with van der Waals surface area (Å²) in [6, 6.07) is 8.47. The maximum atomic E-state index is 9.51. The molecule has 0 spiro atoms. The molecule has 8 heteroatoms. The Labute approximate surface area is 170 Å². The Bertz CT molecular complexity index is 925. The highest BCUT2D eigenvalue weighted by atomic mass is 16.5. The topological polar surface area (TPSA) is 127 Å². The fraction of sp³-hybridized carbons (Fsp3) is 0.381. The number of nitrogens with two attached hydrogens (primary N) is 2. The van der Waals surface area contributed by atoms with Gasteiger partial charge in [0.05, 0.1) is 24.6 Å². The third-order valence-corrected chi connectivity index (χ3v) is 5.53. The first kappa shape index (κ1) is 20.6. The molecule has 1 aromatic carbocycles. The molecule has 2 aromatic rings. The minimum Gasteiger partial charge on any atom is -0.404 e. The first-order chi connectivity index (χ1) is 13.8. The maximum absolute atomic E-state index is 9.51. The summed E-state index contributed by atoms with van der Waals surface area (Å²) < 4.78 is 5.46. The van der Waals surface area contributed by atoms with Gasteiger partial charge in [-0.05, 0) is 24.0 Å². The largest absolute Gasteiger partial charge is 0.404 e. The number of hydrogen-bond donors (Lipinski definition) is 3. The smallest absolute Gasteiger partial charge is 0.324 e. The number of aliphatic hydroxyl groups is 1. The quantitative estimate of drug-likeness (QED) is 0.611. The average molecular weight is 396 g/mol. The molecule has 29 heavy (non-hydrogen) atoms. The van der Waals surface area contributed by atoms with Crippen molar-refractivity contribution in [2.24, 2.45) is 22.4 Å². The molecular weight excluding hydrogens is 368 g/mol. The molecule has 1 saturated heterocycles. The van der Waals surface area contributed by atoms with Crippen molar-refractivity contribution in [2.75, 3.05) is 18.0 Å². The lowest BCUT2D eigenvalue weighted by molar-refractivity contribution is 0.135. The van der Waals surface area contributed by atoms with E-state index in [1.54, 1.807) is 6.21 Å². The second-order valence-corrected chi connectivity index (χ2v) is 7.77. The Hall–Kier alpha value is -3.13. The van der Waals surface area contributed by atoms with Gasteiger partial charge >= 0.3 is 6.01 Å². The van der Waals surface area contributed by atoms with Gasteiger partial charge in [-0.2, -0.15) is 4.98 Å². The van der Waals surface area contributed by atoms with Gasteiger partial charge in [-0.25, -0.2) is 4.99 Å². The van der Waals surface area contributed by atoms with Crippen LogP contribution in [-0.2, 0) is 5.41 Å². The first-order valence-corrected chi connectivity index (χ1v) is 9.54. The van der Waals surface area contributed by atoms with Crippen LogP contribution in [0.1, 0.15) is 37.7 Å². The van der Waals surface area contributed by atoms with E-state index in [0.717, 1.165) is 16.7 Å². The standard InChI is InChI=1S/C21H28N6O2/c1-13(2)21(4,19-25-20(29-26-19)27-11-18(28)12-27)17-7-5-15(6-8-17)16(9-22)10-24-14(3)23/h5-10,13,18,28H,3,11-12,22-23H2,1-2,4H3/b16-9+,24-10-. The van der Waals surface area contributed by atoms with E-state index in [4.69, 9.17) is 16.0 Å². The molecule has 0 saturated carbocycles. The molecule has 1 aromatic heterocycles. The van der Waals surface area contributed by atoms with Crippen molar-refractivity contribution >= 4 is 17.8 Å². The molecule has 154 valence electrons. The second-order valence-electron chi connectivity index (χ2n) is 7.77. The van der Waals surface area contributed by atoms with Crippen LogP contribution in [0.15, 0.2) is 52.4 Å². The van der Waals surface area contributed by atoms with Gasteiger partial charge in [0.1, 0.15) is 5.82 Å². The number of rotatable bonds is 7. The Morgan fingerprint density at radius 3 is 2.55 bits per heavy atom. The lowest BCUT2D eigenvalue weighted by atomic mass is 9.72. The fourth-order valence-corrected chi connectivity index (χ4v) is 3.26. The van der Waals surface area contributed by atoms with Gasteiger partial charge in [0.2, 0.25) is 0 Å². The van der Waals surface area contributed by atoms with E-state index < -0.39 is 5.41 Å². The van der Waals surface area contributed by atoms with Crippen LogP contribution in [0, 0.1) is 5.92 Å². The molecule has 0 amide bonds. The van der Waals surface area contributed by atoms with Gasteiger partial charge in [0, 0.05) is 18.0 Å². The highest BCUT2D eigenvalue weighted by Gasteiger charge is 2.39. The zero-order valence-electron chi connectivity index (χ0n) is 17.0. The molecular formula is C21H28N6O2. The van der Waals surface area contributed by atoms with Gasteiger partial charge in [-0.3, -0.25) is 0 Å². The predicted octanol–water partition coefficient (Wildman–Crippen LogP) is 2.01. The van der Waals surface area contributed by atoms with Crippen LogP contribution >= 0.6 is 0 Å². The van der Waals surface area contributed by atoms with Crippen LogP contribution in [-0.4, -0.2) is 40.7 Å². The molecule has 1 unspecified atom stereocenters. The fourth-order valence-electron chi connectivity index (χ4n) is 3.26. The molecule has 1 fully saturated rings. The summed E-state index contributed by atoms with van der Waals surface area (Å²) in [6.45, 7) is 10.9. The Balaban J connectivity index is 1.90. The summed E-state index contributed by atoms with van der Waals surface area (Å²) >= 11 is 0. The average Bonchev–Trinajstić information content (AvgIpc) is 3.15. The normalized spacial score (nSPS) is 17.6. The molecule has 3 rings (SSSR count). The van der Waals surface area contributed by atoms with E-state index in [0.29, 0.717) is 24.9 Å². The van der Waals surface area contributed by atoms with Gasteiger partial charge < -0.3 is 26.0 Å². The van der Waals surface area contributed by atoms with Crippen LogP contribution in [0.25, 0.3) is 5.57 Å². The van der Waals surface area contributed by atoms with Crippen LogP contribution in [0.2, 0.25) is 0 Å². The Morgan fingerprint density at radius 1 is 1.38 bits per heavy atom. The monoisotopic (exact) mass is 396 g/mol. The van der Waals surface area contributed by atoms with Crippen molar-refractivity contribution in [3.63, 3.8) is 0 Å². The molecule has 0 aliphatic carbocycles. The molecule has 1 atom stereocenters. The van der Waals surface area contributed by atoms with Crippen molar-refractivity contribution in [1.82, 2.24) is 10.1 Å². The van der Waals surface area contributed by atoms with E-state index >= 15 is 0 Å². The zero-order chi connectivity index (χ0) is 21.2. The second kappa shape index (κ2) is 8.08. The highest BCUT2D eigenvalue weighted by molar-refractivity contribution is 6.09. The summed E-state index contributed by atoms with van der Waals surface area (Å²) in [4.78, 5) is 10.5. The summed E-state index contributed by atoms with van der Waals surface area (Å²) in [5.74, 6) is 1.05. The number of allylic oxidation sites excluding steroid dienone is 1. The Kier molecular flexibility index (Phi) is 5.74. The number of anilines is 1. The van der Waals surface area contributed by atoms with Crippen molar-refractivity contribution < 1.29 is 9.63 Å². The SMILES string of the molecule is C=C(N)/N=C\C(=C/N)c1ccc(C(C)(c2noc(N3CC(O)C3)n2)C(C)C)cc1. The lowest BCUT2D eigenvalue weighted by Gasteiger charge is -2.34. The van der Waals surface area contributed by atoms with Gasteiger partial charge in [-0.15, -0.1) is 0 Å². The Morgan fingerprint density at radius 2 is 2.03 bits per heavy atom. The van der Waals surface area contributed by atoms with Crippen molar-refractivity contribution in [3.8, 4) is 0 Å². The van der Waals surface area contributed by atoms with E-state index in [1.165, 1.54) is 6.20 Å². The highest BCUT2D eigenvalue weighted by Crippen LogP contribution is 2.38. The number of benzene rings is 1. The number of aromatic nitrogens is 2. The van der Waals surface area contributed by atoms with E-state index in [9.17, 15) is 5.11 Å². The lowest BCUT2D eigenvalue weighted by Crippen LogP contribution is -2.51. The van der Waals surface area contributed by atoms with Crippen LogP contribution < -0.4 is 16.4 Å². The summed E-state index contributed by atoms with van der Waals surface area (Å²) in [5, 5.41) is 13.8. The molecule has 1 aliphatic rings. The van der Waals surface area contributed by atoms with Crippen LogP contribution in [0.4, 0.5) is 6.01 Å². The number of aliphatic hydroxyl groups excluding tert-OH is 1. The van der Waals surface area contributed by atoms with Gasteiger partial charge in [0.15, 0.2) is 5.82 Å². The maximum Gasteiger partial charge on any atom is 0.324 e.